The standard InChI is InChI=1S/C13H9F3N4/c1-6-2-4-8-12(18-6)20(13(17)19-8)9-5-3-7(14)10(15)11(9)16/h2-5H,1H3,(H2,17,19). The van der Waals surface area contributed by atoms with Gasteiger partial charge in [0.2, 0.25) is 5.95 Å². The maximum Gasteiger partial charge on any atom is 0.207 e. The third-order valence-corrected chi connectivity index (χ3v) is 2.93. The van der Waals surface area contributed by atoms with Gasteiger partial charge in [0.15, 0.2) is 23.1 Å². The number of pyridine rings is 1. The lowest BCUT2D eigenvalue weighted by Gasteiger charge is -2.08. The maximum absolute atomic E-state index is 13.9. The van der Waals surface area contributed by atoms with Crippen molar-refractivity contribution in [2.45, 2.75) is 6.92 Å². The minimum Gasteiger partial charge on any atom is -0.369 e. The van der Waals surface area contributed by atoms with Gasteiger partial charge in [0, 0.05) is 5.69 Å². The van der Waals surface area contributed by atoms with E-state index in [0.29, 0.717) is 11.2 Å². The highest BCUT2D eigenvalue weighted by Crippen LogP contribution is 2.25. The number of benzene rings is 1. The van der Waals surface area contributed by atoms with Crippen LogP contribution >= 0.6 is 0 Å². The molecule has 0 saturated heterocycles. The van der Waals surface area contributed by atoms with Crippen LogP contribution in [0.2, 0.25) is 0 Å². The smallest absolute Gasteiger partial charge is 0.207 e. The van der Waals surface area contributed by atoms with E-state index in [4.69, 9.17) is 5.73 Å². The van der Waals surface area contributed by atoms with E-state index in [2.05, 4.69) is 9.97 Å². The van der Waals surface area contributed by atoms with Crippen LogP contribution < -0.4 is 5.73 Å². The average molecular weight is 278 g/mol. The van der Waals surface area contributed by atoms with Crippen LogP contribution in [0.3, 0.4) is 0 Å². The Bertz CT molecular complexity index is 826. The molecule has 0 bridgehead atoms. The van der Waals surface area contributed by atoms with Crippen molar-refractivity contribution in [3.05, 3.63) is 47.4 Å². The van der Waals surface area contributed by atoms with Crippen LogP contribution in [0, 0.1) is 24.4 Å². The molecular weight excluding hydrogens is 269 g/mol. The molecule has 0 aliphatic heterocycles. The van der Waals surface area contributed by atoms with E-state index in [1.165, 1.54) is 0 Å². The van der Waals surface area contributed by atoms with Crippen molar-refractivity contribution in [2.75, 3.05) is 5.73 Å². The number of fused-ring (bicyclic) bond motifs is 1. The van der Waals surface area contributed by atoms with Crippen molar-refractivity contribution >= 4 is 17.1 Å². The predicted octanol–water partition coefficient (Wildman–Crippen LogP) is 2.73. The highest BCUT2D eigenvalue weighted by Gasteiger charge is 2.19. The van der Waals surface area contributed by atoms with Crippen molar-refractivity contribution in [3.8, 4) is 5.69 Å². The molecule has 0 fully saturated rings. The molecule has 0 aliphatic rings. The Labute approximate surface area is 111 Å². The maximum atomic E-state index is 13.9. The highest BCUT2D eigenvalue weighted by molar-refractivity contribution is 5.77. The number of rotatable bonds is 1. The van der Waals surface area contributed by atoms with Crippen LogP contribution in [0.15, 0.2) is 24.3 Å². The normalized spacial score (nSPS) is 11.2. The number of nitrogen functional groups attached to an aromatic ring is 1. The van der Waals surface area contributed by atoms with E-state index in [9.17, 15) is 13.2 Å². The first-order valence-corrected chi connectivity index (χ1v) is 5.74. The number of nitrogens with zero attached hydrogens (tertiary/aromatic N) is 3. The molecule has 3 rings (SSSR count). The first kappa shape index (κ1) is 12.5. The minimum atomic E-state index is -1.56. The summed E-state index contributed by atoms with van der Waals surface area (Å²) in [5.74, 6) is -4.21. The monoisotopic (exact) mass is 278 g/mol. The van der Waals surface area contributed by atoms with Gasteiger partial charge in [-0.05, 0) is 31.2 Å². The molecule has 2 heterocycles. The number of aromatic nitrogens is 3. The van der Waals surface area contributed by atoms with Crippen LogP contribution in [-0.2, 0) is 0 Å². The molecule has 4 nitrogen and oxygen atoms in total. The third-order valence-electron chi connectivity index (χ3n) is 2.93. The lowest BCUT2D eigenvalue weighted by atomic mass is 10.2. The van der Waals surface area contributed by atoms with Gasteiger partial charge < -0.3 is 5.73 Å². The van der Waals surface area contributed by atoms with Crippen molar-refractivity contribution in [3.63, 3.8) is 0 Å². The van der Waals surface area contributed by atoms with Gasteiger partial charge in [-0.25, -0.2) is 23.1 Å². The Morgan fingerprint density at radius 1 is 1.00 bits per heavy atom. The van der Waals surface area contributed by atoms with Gasteiger partial charge in [-0.3, -0.25) is 4.57 Å². The molecule has 0 aliphatic carbocycles. The summed E-state index contributed by atoms with van der Waals surface area (Å²) in [5, 5.41) is 0. The summed E-state index contributed by atoms with van der Waals surface area (Å²) in [7, 11) is 0. The van der Waals surface area contributed by atoms with E-state index < -0.39 is 17.5 Å². The molecule has 102 valence electrons. The van der Waals surface area contributed by atoms with Crippen molar-refractivity contribution < 1.29 is 13.2 Å². The van der Waals surface area contributed by atoms with E-state index in [1.54, 1.807) is 19.1 Å². The Morgan fingerprint density at radius 2 is 1.75 bits per heavy atom. The van der Waals surface area contributed by atoms with Gasteiger partial charge in [0.05, 0.1) is 5.69 Å². The Hall–Kier alpha value is -2.57. The molecule has 2 N–H and O–H groups in total. The molecule has 2 aromatic heterocycles. The fourth-order valence-electron chi connectivity index (χ4n) is 2.00. The number of hydrogen-bond acceptors (Lipinski definition) is 3. The molecule has 3 aromatic rings. The summed E-state index contributed by atoms with van der Waals surface area (Å²) in [5.41, 5.74) is 6.88. The highest BCUT2D eigenvalue weighted by atomic mass is 19.2. The van der Waals surface area contributed by atoms with Crippen LogP contribution in [-0.4, -0.2) is 14.5 Å². The van der Waals surface area contributed by atoms with Gasteiger partial charge in [-0.1, -0.05) is 0 Å². The average Bonchev–Trinajstić information content (AvgIpc) is 2.72. The number of imidazole rings is 1. The molecule has 0 spiro atoms. The quantitative estimate of drug-likeness (QED) is 0.696. The molecule has 7 heteroatoms. The molecule has 0 atom stereocenters. The number of halogens is 3. The zero-order valence-electron chi connectivity index (χ0n) is 10.4. The van der Waals surface area contributed by atoms with E-state index in [-0.39, 0.29) is 17.3 Å². The molecule has 0 radical (unpaired) electrons. The van der Waals surface area contributed by atoms with Crippen LogP contribution in [0.5, 0.6) is 0 Å². The Morgan fingerprint density at radius 3 is 2.50 bits per heavy atom. The Kier molecular flexibility index (Phi) is 2.63. The van der Waals surface area contributed by atoms with Crippen molar-refractivity contribution in [1.29, 1.82) is 0 Å². The lowest BCUT2D eigenvalue weighted by molar-refractivity contribution is 0.445. The fraction of sp³-hybridized carbons (Fsp3) is 0.0769. The second-order valence-corrected chi connectivity index (χ2v) is 4.30. The first-order valence-electron chi connectivity index (χ1n) is 5.74. The molecule has 20 heavy (non-hydrogen) atoms. The summed E-state index contributed by atoms with van der Waals surface area (Å²) in [4.78, 5) is 8.22. The van der Waals surface area contributed by atoms with Gasteiger partial charge in [0.25, 0.3) is 0 Å². The molecule has 0 amide bonds. The van der Waals surface area contributed by atoms with E-state index >= 15 is 0 Å². The van der Waals surface area contributed by atoms with Crippen LogP contribution in [0.1, 0.15) is 5.69 Å². The van der Waals surface area contributed by atoms with Gasteiger partial charge in [-0.2, -0.15) is 0 Å². The van der Waals surface area contributed by atoms with Crippen molar-refractivity contribution in [2.24, 2.45) is 0 Å². The zero-order valence-corrected chi connectivity index (χ0v) is 10.4. The van der Waals surface area contributed by atoms with Gasteiger partial charge in [0.1, 0.15) is 5.52 Å². The fourth-order valence-corrected chi connectivity index (χ4v) is 2.00. The number of nitrogens with two attached hydrogens (primary N) is 1. The van der Waals surface area contributed by atoms with Crippen LogP contribution in [0.25, 0.3) is 16.9 Å². The number of anilines is 1. The van der Waals surface area contributed by atoms with Gasteiger partial charge >= 0.3 is 0 Å². The molecule has 0 unspecified atom stereocenters. The second kappa shape index (κ2) is 4.22. The number of hydrogen-bond donors (Lipinski definition) is 1. The van der Waals surface area contributed by atoms with E-state index in [0.717, 1.165) is 16.7 Å². The van der Waals surface area contributed by atoms with Gasteiger partial charge in [-0.15, -0.1) is 0 Å². The lowest BCUT2D eigenvalue weighted by Crippen LogP contribution is -2.06. The summed E-state index contributed by atoms with van der Waals surface area (Å²) >= 11 is 0. The largest absolute Gasteiger partial charge is 0.369 e. The third kappa shape index (κ3) is 1.70. The van der Waals surface area contributed by atoms with Crippen LogP contribution in [0.4, 0.5) is 19.1 Å². The topological polar surface area (TPSA) is 56.7 Å². The summed E-state index contributed by atoms with van der Waals surface area (Å²) in [6.07, 6.45) is 0. The predicted molar refractivity (Wildman–Crippen MR) is 67.9 cm³/mol. The van der Waals surface area contributed by atoms with Crippen molar-refractivity contribution in [1.82, 2.24) is 14.5 Å². The molecule has 1 aromatic carbocycles. The molecular formula is C13H9F3N4. The molecule has 0 saturated carbocycles. The summed E-state index contributed by atoms with van der Waals surface area (Å²) in [6.45, 7) is 1.74. The SMILES string of the molecule is Cc1ccc2nc(N)n(-c3ccc(F)c(F)c3F)c2n1. The number of aryl methyl sites for hydroxylation is 1. The summed E-state index contributed by atoms with van der Waals surface area (Å²) < 4.78 is 41.4. The summed E-state index contributed by atoms with van der Waals surface area (Å²) in [6, 6.07) is 5.31. The Balaban J connectivity index is 2.37. The first-order chi connectivity index (χ1) is 9.49. The zero-order chi connectivity index (χ0) is 14.4. The minimum absolute atomic E-state index is 0.0528. The second-order valence-electron chi connectivity index (χ2n) is 4.30. The van der Waals surface area contributed by atoms with E-state index in [1.807, 2.05) is 0 Å².